The molecule has 7 nitrogen and oxygen atoms in total. The lowest BCUT2D eigenvalue weighted by atomic mass is 10.1. The van der Waals surface area contributed by atoms with Gasteiger partial charge in [0.05, 0.1) is 12.9 Å². The summed E-state index contributed by atoms with van der Waals surface area (Å²) in [5.41, 5.74) is 2.98. The van der Waals surface area contributed by atoms with Gasteiger partial charge in [0.2, 0.25) is 0 Å². The van der Waals surface area contributed by atoms with Crippen molar-refractivity contribution in [3.05, 3.63) is 83.8 Å². The Morgan fingerprint density at radius 2 is 1.76 bits per heavy atom. The summed E-state index contributed by atoms with van der Waals surface area (Å²) in [5, 5.41) is 6.55. The predicted octanol–water partition coefficient (Wildman–Crippen LogP) is 6.00. The van der Waals surface area contributed by atoms with Crippen LogP contribution in [0.3, 0.4) is 0 Å². The van der Waals surface area contributed by atoms with Crippen LogP contribution >= 0.6 is 11.3 Å². The molecule has 8 heteroatoms. The summed E-state index contributed by atoms with van der Waals surface area (Å²) in [4.78, 5) is 29.9. The first kappa shape index (κ1) is 22.3. The highest BCUT2D eigenvalue weighted by molar-refractivity contribution is 7.20. The molecule has 2 heterocycles. The maximum Gasteiger partial charge on any atom is 0.292 e. The number of aromatic nitrogens is 1. The molecule has 2 aromatic heterocycles. The first-order valence-electron chi connectivity index (χ1n) is 10.5. The van der Waals surface area contributed by atoms with Gasteiger partial charge in [0.15, 0.2) is 10.9 Å². The number of hydrogen-bond donors (Lipinski definition) is 2. The smallest absolute Gasteiger partial charge is 0.292 e. The van der Waals surface area contributed by atoms with Crippen molar-refractivity contribution >= 4 is 33.3 Å². The number of amides is 2. The number of nitrogens with zero attached hydrogens (tertiary/aromatic N) is 1. The molecule has 0 saturated carbocycles. The van der Waals surface area contributed by atoms with E-state index in [0.717, 1.165) is 17.5 Å². The fourth-order valence-electron chi connectivity index (χ4n) is 3.03. The minimum atomic E-state index is -0.391. The molecule has 0 aliphatic heterocycles. The zero-order valence-corrected chi connectivity index (χ0v) is 19.1. The van der Waals surface area contributed by atoms with E-state index in [0.29, 0.717) is 33.7 Å². The monoisotopic (exact) mass is 461 g/mol. The summed E-state index contributed by atoms with van der Waals surface area (Å²) in [7, 11) is 0. The van der Waals surface area contributed by atoms with E-state index < -0.39 is 5.91 Å². The molecule has 4 aromatic rings. The van der Waals surface area contributed by atoms with Crippen LogP contribution in [0.5, 0.6) is 5.75 Å². The van der Waals surface area contributed by atoms with Gasteiger partial charge in [-0.25, -0.2) is 4.98 Å². The molecule has 168 valence electrons. The molecule has 0 aliphatic rings. The Balaban J connectivity index is 1.57. The normalized spacial score (nSPS) is 10.6. The summed E-state index contributed by atoms with van der Waals surface area (Å²) in [6.45, 7) is 4.65. The van der Waals surface area contributed by atoms with Crippen LogP contribution in [0.1, 0.15) is 39.8 Å². The van der Waals surface area contributed by atoms with Crippen LogP contribution < -0.4 is 15.4 Å². The van der Waals surface area contributed by atoms with Gasteiger partial charge in [0, 0.05) is 11.1 Å². The highest BCUT2D eigenvalue weighted by Crippen LogP contribution is 2.36. The number of nitrogens with one attached hydrogen (secondary N) is 2. The van der Waals surface area contributed by atoms with E-state index in [2.05, 4.69) is 15.6 Å². The molecule has 0 fully saturated rings. The van der Waals surface area contributed by atoms with Crippen LogP contribution in [0.15, 0.2) is 71.3 Å². The number of carbonyl (C=O) groups excluding carboxylic acids is 2. The van der Waals surface area contributed by atoms with Gasteiger partial charge in [-0.1, -0.05) is 48.1 Å². The van der Waals surface area contributed by atoms with Gasteiger partial charge in [0.1, 0.15) is 16.4 Å². The van der Waals surface area contributed by atoms with Gasteiger partial charge in [-0.2, -0.15) is 0 Å². The van der Waals surface area contributed by atoms with Gasteiger partial charge >= 0.3 is 0 Å². The zero-order valence-electron chi connectivity index (χ0n) is 18.3. The van der Waals surface area contributed by atoms with E-state index in [9.17, 15) is 9.59 Å². The number of benzene rings is 2. The third kappa shape index (κ3) is 5.48. The van der Waals surface area contributed by atoms with E-state index in [-0.39, 0.29) is 11.7 Å². The Morgan fingerprint density at radius 1 is 1.00 bits per heavy atom. The van der Waals surface area contributed by atoms with Crippen LogP contribution in [0.4, 0.5) is 10.1 Å². The topological polar surface area (TPSA) is 93.5 Å². The van der Waals surface area contributed by atoms with Crippen molar-refractivity contribution in [2.24, 2.45) is 0 Å². The molecular weight excluding hydrogens is 438 g/mol. The second-order valence-electron chi connectivity index (χ2n) is 7.32. The molecule has 2 aromatic carbocycles. The van der Waals surface area contributed by atoms with Crippen LogP contribution in [0.25, 0.3) is 11.3 Å². The molecule has 0 aliphatic carbocycles. The fourth-order valence-corrected chi connectivity index (χ4v) is 3.91. The first-order chi connectivity index (χ1) is 16.0. The van der Waals surface area contributed by atoms with E-state index in [1.807, 2.05) is 38.1 Å². The summed E-state index contributed by atoms with van der Waals surface area (Å²) in [6, 6.07) is 17.9. The lowest BCUT2D eigenvalue weighted by Crippen LogP contribution is -2.11. The van der Waals surface area contributed by atoms with Crippen molar-refractivity contribution in [1.29, 1.82) is 0 Å². The fraction of sp³-hybridized carbons (Fsp3) is 0.160. The molecule has 0 bridgehead atoms. The number of anilines is 2. The van der Waals surface area contributed by atoms with Crippen molar-refractivity contribution in [3.63, 3.8) is 0 Å². The zero-order chi connectivity index (χ0) is 23.2. The lowest BCUT2D eigenvalue weighted by Gasteiger charge is -2.05. The highest BCUT2D eigenvalue weighted by atomic mass is 32.1. The maximum absolute atomic E-state index is 12.8. The van der Waals surface area contributed by atoms with Crippen LogP contribution in [-0.2, 0) is 0 Å². The van der Waals surface area contributed by atoms with E-state index in [1.165, 1.54) is 17.6 Å². The standard InChI is InChI=1S/C25H23N3O4S/c1-3-14-31-19-12-10-18(11-13-19)22(29)28-25-26-21(17-8-6-16(2)7-9-17)24(33-25)27-23(30)20-5-4-15-32-20/h4-13,15H,3,14H2,1-2H3,(H,27,30)(H,26,28,29). The first-order valence-corrected chi connectivity index (χ1v) is 11.3. The molecule has 2 amide bonds. The molecule has 4 rings (SSSR count). The summed E-state index contributed by atoms with van der Waals surface area (Å²) >= 11 is 1.18. The second kappa shape index (κ2) is 10.1. The second-order valence-corrected chi connectivity index (χ2v) is 8.32. The Labute approximate surface area is 195 Å². The quantitative estimate of drug-likeness (QED) is 0.335. The minimum Gasteiger partial charge on any atom is -0.494 e. The minimum absolute atomic E-state index is 0.189. The number of thiazole rings is 1. The van der Waals surface area contributed by atoms with E-state index in [1.54, 1.807) is 36.4 Å². The van der Waals surface area contributed by atoms with Crippen molar-refractivity contribution in [2.75, 3.05) is 17.2 Å². The van der Waals surface area contributed by atoms with Crippen LogP contribution in [-0.4, -0.2) is 23.4 Å². The molecule has 0 spiro atoms. The molecular formula is C25H23N3O4S. The number of aryl methyl sites for hydroxylation is 1. The predicted molar refractivity (Wildman–Crippen MR) is 129 cm³/mol. The van der Waals surface area contributed by atoms with Crippen LogP contribution in [0, 0.1) is 6.92 Å². The number of hydrogen-bond acceptors (Lipinski definition) is 6. The van der Waals surface area contributed by atoms with Gasteiger partial charge in [-0.3, -0.25) is 14.9 Å². The molecule has 2 N–H and O–H groups in total. The number of ether oxygens (including phenoxy) is 1. The number of rotatable bonds is 8. The Morgan fingerprint density at radius 3 is 2.42 bits per heavy atom. The van der Waals surface area contributed by atoms with Crippen molar-refractivity contribution in [2.45, 2.75) is 20.3 Å². The van der Waals surface area contributed by atoms with Crippen molar-refractivity contribution in [3.8, 4) is 17.0 Å². The summed E-state index contributed by atoms with van der Waals surface area (Å²) < 4.78 is 10.7. The average Bonchev–Trinajstić information content (AvgIpc) is 3.49. The molecule has 0 atom stereocenters. The number of furan rings is 1. The van der Waals surface area contributed by atoms with Crippen molar-refractivity contribution in [1.82, 2.24) is 4.98 Å². The number of carbonyl (C=O) groups is 2. The molecule has 33 heavy (non-hydrogen) atoms. The Hall–Kier alpha value is -3.91. The summed E-state index contributed by atoms with van der Waals surface area (Å²) in [5.74, 6) is 0.212. The van der Waals surface area contributed by atoms with Gasteiger partial charge in [-0.15, -0.1) is 0 Å². The molecule has 0 saturated heterocycles. The van der Waals surface area contributed by atoms with E-state index >= 15 is 0 Å². The van der Waals surface area contributed by atoms with Crippen molar-refractivity contribution < 1.29 is 18.7 Å². The lowest BCUT2D eigenvalue weighted by molar-refractivity contribution is 0.0995. The highest BCUT2D eigenvalue weighted by Gasteiger charge is 2.19. The largest absolute Gasteiger partial charge is 0.494 e. The van der Waals surface area contributed by atoms with Gasteiger partial charge in [-0.05, 0) is 49.7 Å². The Kier molecular flexibility index (Phi) is 6.85. The van der Waals surface area contributed by atoms with Crippen LogP contribution in [0.2, 0.25) is 0 Å². The van der Waals surface area contributed by atoms with Gasteiger partial charge < -0.3 is 14.5 Å². The molecule has 0 unspecified atom stereocenters. The SMILES string of the molecule is CCCOc1ccc(C(=O)Nc2nc(-c3ccc(C)cc3)c(NC(=O)c3ccco3)s2)cc1. The third-order valence-corrected chi connectivity index (χ3v) is 5.62. The van der Waals surface area contributed by atoms with Gasteiger partial charge in [0.25, 0.3) is 11.8 Å². The average molecular weight is 462 g/mol. The van der Waals surface area contributed by atoms with E-state index in [4.69, 9.17) is 9.15 Å². The Bertz CT molecular complexity index is 1230. The third-order valence-electron chi connectivity index (χ3n) is 4.73. The maximum atomic E-state index is 12.8. The molecule has 0 radical (unpaired) electrons. The summed E-state index contributed by atoms with van der Waals surface area (Å²) in [6.07, 6.45) is 2.35.